The minimum Gasteiger partial charge on any atom is -0.366 e. The third-order valence-corrected chi connectivity index (χ3v) is 6.22. The molecule has 1 saturated heterocycles. The number of aromatic nitrogens is 4. The molecule has 5 rings (SSSR count). The van der Waals surface area contributed by atoms with Crippen LogP contribution in [-0.4, -0.2) is 57.2 Å². The highest BCUT2D eigenvalue weighted by molar-refractivity contribution is 5.66. The molecule has 170 valence electrons. The lowest BCUT2D eigenvalue weighted by Crippen LogP contribution is -2.46. The van der Waals surface area contributed by atoms with Crippen molar-refractivity contribution in [3.8, 4) is 11.3 Å². The van der Waals surface area contributed by atoms with E-state index in [0.717, 1.165) is 66.8 Å². The molecule has 1 aliphatic rings. The van der Waals surface area contributed by atoms with Crippen LogP contribution in [0.1, 0.15) is 18.1 Å². The Kier molecular flexibility index (Phi) is 5.92. The van der Waals surface area contributed by atoms with Gasteiger partial charge in [-0.25, -0.2) is 14.4 Å². The van der Waals surface area contributed by atoms with Gasteiger partial charge in [-0.2, -0.15) is 9.61 Å². The average molecular weight is 446 g/mol. The summed E-state index contributed by atoms with van der Waals surface area (Å²) in [6.07, 6.45) is 3.58. The number of hydrogen-bond acceptors (Lipinski definition) is 6. The number of aryl methyl sites for hydroxylation is 1. The van der Waals surface area contributed by atoms with Crippen LogP contribution in [0, 0.1) is 12.7 Å². The Morgan fingerprint density at radius 3 is 2.61 bits per heavy atom. The molecule has 0 radical (unpaired) electrons. The van der Waals surface area contributed by atoms with E-state index in [-0.39, 0.29) is 5.82 Å². The molecule has 0 unspecified atom stereocenters. The van der Waals surface area contributed by atoms with Crippen molar-refractivity contribution in [2.24, 2.45) is 0 Å². The number of pyridine rings is 1. The molecule has 0 aliphatic carbocycles. The van der Waals surface area contributed by atoms with E-state index in [0.29, 0.717) is 12.1 Å². The topological polar surface area (TPSA) is 61.6 Å². The van der Waals surface area contributed by atoms with Crippen molar-refractivity contribution in [3.05, 3.63) is 71.8 Å². The molecule has 1 aromatic carbocycles. The van der Waals surface area contributed by atoms with E-state index in [4.69, 9.17) is 9.97 Å². The van der Waals surface area contributed by atoms with Gasteiger partial charge in [0, 0.05) is 62.2 Å². The fourth-order valence-corrected chi connectivity index (χ4v) is 4.19. The van der Waals surface area contributed by atoms with Crippen molar-refractivity contribution >= 4 is 17.3 Å². The Balaban J connectivity index is 1.37. The lowest BCUT2D eigenvalue weighted by Gasteiger charge is -2.34. The molecule has 1 fully saturated rings. The van der Waals surface area contributed by atoms with E-state index in [1.165, 1.54) is 0 Å². The molecule has 4 heterocycles. The van der Waals surface area contributed by atoms with E-state index in [1.807, 2.05) is 37.4 Å². The van der Waals surface area contributed by atoms with Gasteiger partial charge in [-0.05, 0) is 37.2 Å². The van der Waals surface area contributed by atoms with Gasteiger partial charge in [0.15, 0.2) is 5.65 Å². The highest BCUT2D eigenvalue weighted by Crippen LogP contribution is 2.24. The van der Waals surface area contributed by atoms with Crippen LogP contribution in [0.2, 0.25) is 0 Å². The van der Waals surface area contributed by atoms with Crippen molar-refractivity contribution < 1.29 is 4.39 Å². The Morgan fingerprint density at radius 2 is 1.88 bits per heavy atom. The Hall–Kier alpha value is -3.52. The van der Waals surface area contributed by atoms with Gasteiger partial charge in [0.1, 0.15) is 17.5 Å². The lowest BCUT2D eigenvalue weighted by atomic mass is 10.1. The number of anilines is 2. The van der Waals surface area contributed by atoms with Gasteiger partial charge in [-0.3, -0.25) is 0 Å². The van der Waals surface area contributed by atoms with Crippen LogP contribution in [0.25, 0.3) is 16.9 Å². The Bertz CT molecular complexity index is 1240. The van der Waals surface area contributed by atoms with Crippen LogP contribution in [0.15, 0.2) is 54.9 Å². The molecule has 8 heteroatoms. The van der Waals surface area contributed by atoms with Crippen molar-refractivity contribution in [3.63, 3.8) is 0 Å². The highest BCUT2D eigenvalue weighted by atomic mass is 19.1. The summed E-state index contributed by atoms with van der Waals surface area (Å²) < 4.78 is 16.0. The molecular formula is C25H28FN7. The summed E-state index contributed by atoms with van der Waals surface area (Å²) in [6.45, 7) is 9.64. The van der Waals surface area contributed by atoms with Crippen molar-refractivity contribution in [1.82, 2.24) is 24.5 Å². The number of fused-ring (bicyclic) bond motifs is 1. The average Bonchev–Trinajstić information content (AvgIpc) is 3.32. The van der Waals surface area contributed by atoms with Gasteiger partial charge in [-0.1, -0.05) is 19.1 Å². The number of halogens is 1. The largest absolute Gasteiger partial charge is 0.366 e. The quantitative estimate of drug-likeness (QED) is 0.484. The number of rotatable bonds is 6. The first-order valence-corrected chi connectivity index (χ1v) is 11.4. The molecule has 0 bridgehead atoms. The van der Waals surface area contributed by atoms with Crippen molar-refractivity contribution in [1.29, 1.82) is 0 Å². The number of nitrogens with one attached hydrogen (secondary N) is 1. The molecule has 7 nitrogen and oxygen atoms in total. The summed E-state index contributed by atoms with van der Waals surface area (Å²) in [5, 5.41) is 7.68. The smallest absolute Gasteiger partial charge is 0.157 e. The zero-order valence-corrected chi connectivity index (χ0v) is 19.0. The molecule has 1 aliphatic heterocycles. The summed E-state index contributed by atoms with van der Waals surface area (Å²) in [6, 6.07) is 13.2. The Labute approximate surface area is 192 Å². The van der Waals surface area contributed by atoms with E-state index in [1.54, 1.807) is 16.8 Å². The first-order valence-electron chi connectivity index (χ1n) is 11.4. The Morgan fingerprint density at radius 1 is 1.03 bits per heavy atom. The zero-order valence-electron chi connectivity index (χ0n) is 19.0. The van der Waals surface area contributed by atoms with Gasteiger partial charge >= 0.3 is 0 Å². The summed E-state index contributed by atoms with van der Waals surface area (Å²) in [4.78, 5) is 14.2. The summed E-state index contributed by atoms with van der Waals surface area (Å²) in [5.41, 5.74) is 3.96. The third kappa shape index (κ3) is 4.52. The second-order valence-corrected chi connectivity index (χ2v) is 8.40. The van der Waals surface area contributed by atoms with Crippen LogP contribution in [-0.2, 0) is 6.54 Å². The van der Waals surface area contributed by atoms with Gasteiger partial charge in [0.05, 0.1) is 11.9 Å². The van der Waals surface area contributed by atoms with E-state index < -0.39 is 0 Å². The van der Waals surface area contributed by atoms with Crippen LogP contribution in [0.5, 0.6) is 0 Å². The van der Waals surface area contributed by atoms with Crippen LogP contribution < -0.4 is 10.2 Å². The maximum absolute atomic E-state index is 14.3. The van der Waals surface area contributed by atoms with Gasteiger partial charge in [0.25, 0.3) is 0 Å². The molecular weight excluding hydrogens is 417 g/mol. The van der Waals surface area contributed by atoms with Crippen LogP contribution >= 0.6 is 0 Å². The van der Waals surface area contributed by atoms with E-state index in [2.05, 4.69) is 39.3 Å². The SMILES string of the molecule is CCN1CCN(c2ccc(-c3cc(NCc4ccc(C)cc4F)n4nccc4n3)cn2)CC1. The number of nitrogens with zero attached hydrogens (tertiary/aromatic N) is 6. The van der Waals surface area contributed by atoms with Crippen molar-refractivity contribution in [2.75, 3.05) is 42.9 Å². The van der Waals surface area contributed by atoms with E-state index in [9.17, 15) is 4.39 Å². The molecule has 0 amide bonds. The highest BCUT2D eigenvalue weighted by Gasteiger charge is 2.17. The summed E-state index contributed by atoms with van der Waals surface area (Å²) in [7, 11) is 0. The maximum atomic E-state index is 14.3. The molecule has 4 aromatic rings. The fourth-order valence-electron chi connectivity index (χ4n) is 4.19. The fraction of sp³-hybridized carbons (Fsp3) is 0.320. The molecule has 3 aromatic heterocycles. The molecule has 1 N–H and O–H groups in total. The maximum Gasteiger partial charge on any atom is 0.157 e. The van der Waals surface area contributed by atoms with E-state index >= 15 is 0 Å². The number of benzene rings is 1. The number of likely N-dealkylation sites (N-methyl/N-ethyl adjacent to an activating group) is 1. The normalized spacial score (nSPS) is 14.7. The summed E-state index contributed by atoms with van der Waals surface area (Å²) in [5.74, 6) is 1.53. The predicted molar refractivity (Wildman–Crippen MR) is 129 cm³/mol. The third-order valence-electron chi connectivity index (χ3n) is 6.22. The first-order chi connectivity index (χ1) is 16.1. The first kappa shape index (κ1) is 21.3. The van der Waals surface area contributed by atoms with Gasteiger partial charge in [-0.15, -0.1) is 0 Å². The second kappa shape index (κ2) is 9.15. The van der Waals surface area contributed by atoms with Crippen molar-refractivity contribution in [2.45, 2.75) is 20.4 Å². The van der Waals surface area contributed by atoms with Crippen LogP contribution in [0.3, 0.4) is 0 Å². The minimum atomic E-state index is -0.215. The molecule has 0 spiro atoms. The zero-order chi connectivity index (χ0) is 22.8. The molecule has 0 atom stereocenters. The predicted octanol–water partition coefficient (Wildman–Crippen LogP) is 3.99. The standard InChI is InChI=1S/C25H28FN7/c1-3-31-10-12-32(13-11-31)23-7-6-20(17-27-23)22-15-25(33-24(30-22)8-9-29-33)28-16-19-5-4-18(2)14-21(19)26/h4-9,14-15,17,28H,3,10-13,16H2,1-2H3. The minimum absolute atomic E-state index is 0.215. The second-order valence-electron chi connectivity index (χ2n) is 8.40. The summed E-state index contributed by atoms with van der Waals surface area (Å²) >= 11 is 0. The van der Waals surface area contributed by atoms with Gasteiger partial charge < -0.3 is 15.1 Å². The van der Waals surface area contributed by atoms with Gasteiger partial charge in [0.2, 0.25) is 0 Å². The number of piperazine rings is 1. The monoisotopic (exact) mass is 445 g/mol. The molecule has 0 saturated carbocycles. The number of hydrogen-bond donors (Lipinski definition) is 1. The lowest BCUT2D eigenvalue weighted by molar-refractivity contribution is 0.270. The van der Waals surface area contributed by atoms with Crippen LogP contribution in [0.4, 0.5) is 16.0 Å². The molecule has 33 heavy (non-hydrogen) atoms.